The molecule has 1 aromatic carbocycles. The van der Waals surface area contributed by atoms with Gasteiger partial charge in [0.05, 0.1) is 7.11 Å². The lowest BCUT2D eigenvalue weighted by Gasteiger charge is -2.05. The molecule has 0 amide bonds. The molecule has 4 heteroatoms. The third-order valence-corrected chi connectivity index (χ3v) is 2.01. The molecule has 0 radical (unpaired) electrons. The van der Waals surface area contributed by atoms with Crippen LogP contribution in [0.4, 0.5) is 5.69 Å². The first-order chi connectivity index (χ1) is 7.78. The summed E-state index contributed by atoms with van der Waals surface area (Å²) in [6.45, 7) is 0. The first-order valence-electron chi connectivity index (χ1n) is 4.82. The lowest BCUT2D eigenvalue weighted by atomic mass is 10.3. The van der Waals surface area contributed by atoms with E-state index in [1.807, 2.05) is 6.07 Å². The molecule has 2 aromatic rings. The second kappa shape index (κ2) is 4.53. The van der Waals surface area contributed by atoms with E-state index >= 15 is 0 Å². The van der Waals surface area contributed by atoms with Gasteiger partial charge in [0.1, 0.15) is 5.75 Å². The summed E-state index contributed by atoms with van der Waals surface area (Å²) in [7, 11) is 1.56. The summed E-state index contributed by atoms with van der Waals surface area (Å²) in [6, 6.07) is 12.5. The number of nitrogens with two attached hydrogens (primary N) is 1. The molecule has 0 aliphatic rings. The van der Waals surface area contributed by atoms with Crippen molar-refractivity contribution >= 4 is 5.69 Å². The Morgan fingerprint density at radius 3 is 2.38 bits per heavy atom. The van der Waals surface area contributed by atoms with Gasteiger partial charge in [-0.15, -0.1) is 0 Å². The summed E-state index contributed by atoms with van der Waals surface area (Å²) >= 11 is 0. The number of nitrogens with zero attached hydrogens (tertiary/aromatic N) is 1. The first kappa shape index (κ1) is 10.3. The van der Waals surface area contributed by atoms with Crippen LogP contribution in [0.2, 0.25) is 0 Å². The molecule has 0 saturated heterocycles. The molecule has 2 N–H and O–H groups in total. The van der Waals surface area contributed by atoms with Crippen LogP contribution in [0.1, 0.15) is 0 Å². The molecular weight excluding hydrogens is 204 g/mol. The Morgan fingerprint density at radius 1 is 1.00 bits per heavy atom. The highest BCUT2D eigenvalue weighted by atomic mass is 16.5. The lowest BCUT2D eigenvalue weighted by Crippen LogP contribution is -1.91. The molecule has 0 fully saturated rings. The van der Waals surface area contributed by atoms with Crippen molar-refractivity contribution in [2.45, 2.75) is 0 Å². The van der Waals surface area contributed by atoms with Gasteiger partial charge in [-0.25, -0.2) is 0 Å². The lowest BCUT2D eigenvalue weighted by molar-refractivity contribution is 0.383. The summed E-state index contributed by atoms with van der Waals surface area (Å²) in [5.74, 6) is 1.70. The second-order valence-corrected chi connectivity index (χ2v) is 3.19. The molecule has 0 aliphatic carbocycles. The number of pyridine rings is 1. The molecule has 1 heterocycles. The van der Waals surface area contributed by atoms with Crippen LogP contribution in [0, 0.1) is 0 Å². The van der Waals surface area contributed by atoms with Crippen molar-refractivity contribution in [2.24, 2.45) is 0 Å². The van der Waals surface area contributed by atoms with E-state index < -0.39 is 0 Å². The topological polar surface area (TPSA) is 57.4 Å². The van der Waals surface area contributed by atoms with Crippen molar-refractivity contribution in [3.05, 3.63) is 42.5 Å². The van der Waals surface area contributed by atoms with E-state index in [0.717, 1.165) is 0 Å². The molecule has 0 unspecified atom stereocenters. The molecule has 0 spiro atoms. The summed E-state index contributed by atoms with van der Waals surface area (Å²) in [4.78, 5) is 4.13. The van der Waals surface area contributed by atoms with Crippen molar-refractivity contribution in [3.63, 3.8) is 0 Å². The van der Waals surface area contributed by atoms with Gasteiger partial charge < -0.3 is 15.2 Å². The van der Waals surface area contributed by atoms with Crippen molar-refractivity contribution < 1.29 is 9.47 Å². The van der Waals surface area contributed by atoms with Gasteiger partial charge in [0, 0.05) is 17.8 Å². The minimum absolute atomic E-state index is 0.490. The van der Waals surface area contributed by atoms with Crippen LogP contribution in [-0.2, 0) is 0 Å². The Hall–Kier alpha value is -2.23. The summed E-state index contributed by atoms with van der Waals surface area (Å²) in [5.41, 5.74) is 6.27. The zero-order valence-corrected chi connectivity index (χ0v) is 8.88. The number of nitrogen functional groups attached to an aromatic ring is 1. The van der Waals surface area contributed by atoms with Crippen LogP contribution < -0.4 is 15.2 Å². The first-order valence-corrected chi connectivity index (χ1v) is 4.82. The average Bonchev–Trinajstić information content (AvgIpc) is 2.32. The van der Waals surface area contributed by atoms with Gasteiger partial charge in [-0.1, -0.05) is 6.07 Å². The molecule has 4 nitrogen and oxygen atoms in total. The van der Waals surface area contributed by atoms with E-state index in [2.05, 4.69) is 4.98 Å². The molecule has 82 valence electrons. The number of ether oxygens (including phenoxy) is 2. The van der Waals surface area contributed by atoms with Crippen LogP contribution in [-0.4, -0.2) is 12.1 Å². The van der Waals surface area contributed by atoms with Gasteiger partial charge >= 0.3 is 0 Å². The molecule has 2 rings (SSSR count). The van der Waals surface area contributed by atoms with Crippen LogP contribution >= 0.6 is 0 Å². The summed E-state index contributed by atoms with van der Waals surface area (Å²) in [5, 5.41) is 0. The molecule has 0 atom stereocenters. The predicted octanol–water partition coefficient (Wildman–Crippen LogP) is 2.46. The van der Waals surface area contributed by atoms with Crippen molar-refractivity contribution in [1.82, 2.24) is 4.98 Å². The standard InChI is InChI=1S/C12H12N2O2/c1-15-11-3-2-4-12(14-11)16-10-7-5-9(13)6-8-10/h2-8H,13H2,1H3. The highest BCUT2D eigenvalue weighted by Gasteiger charge is 2.00. The zero-order valence-electron chi connectivity index (χ0n) is 8.88. The smallest absolute Gasteiger partial charge is 0.222 e. The Kier molecular flexibility index (Phi) is 2.91. The fourth-order valence-electron chi connectivity index (χ4n) is 1.22. The van der Waals surface area contributed by atoms with Crippen molar-refractivity contribution in [1.29, 1.82) is 0 Å². The van der Waals surface area contributed by atoms with Gasteiger partial charge in [0.15, 0.2) is 0 Å². The van der Waals surface area contributed by atoms with E-state index in [1.165, 1.54) is 0 Å². The Bertz CT molecular complexity index is 469. The highest BCUT2D eigenvalue weighted by molar-refractivity contribution is 5.42. The van der Waals surface area contributed by atoms with Crippen LogP contribution in [0.5, 0.6) is 17.5 Å². The fraction of sp³-hybridized carbons (Fsp3) is 0.0833. The molecule has 0 aliphatic heterocycles. The number of anilines is 1. The number of aromatic nitrogens is 1. The van der Waals surface area contributed by atoms with Crippen molar-refractivity contribution in [2.75, 3.05) is 12.8 Å². The molecule has 1 aromatic heterocycles. The largest absolute Gasteiger partial charge is 0.481 e. The van der Waals surface area contributed by atoms with Gasteiger partial charge in [-0.2, -0.15) is 4.98 Å². The van der Waals surface area contributed by atoms with Crippen LogP contribution in [0.25, 0.3) is 0 Å². The van der Waals surface area contributed by atoms with Gasteiger partial charge in [-0.3, -0.25) is 0 Å². The summed E-state index contributed by atoms with van der Waals surface area (Å²) in [6.07, 6.45) is 0. The van der Waals surface area contributed by atoms with E-state index in [4.69, 9.17) is 15.2 Å². The second-order valence-electron chi connectivity index (χ2n) is 3.19. The van der Waals surface area contributed by atoms with E-state index in [0.29, 0.717) is 23.2 Å². The number of benzene rings is 1. The maximum absolute atomic E-state index is 5.57. The highest BCUT2D eigenvalue weighted by Crippen LogP contribution is 2.21. The third kappa shape index (κ3) is 2.42. The SMILES string of the molecule is COc1cccc(Oc2ccc(N)cc2)n1. The van der Waals surface area contributed by atoms with Gasteiger partial charge in [-0.05, 0) is 24.3 Å². The van der Waals surface area contributed by atoms with E-state index in [1.54, 1.807) is 43.5 Å². The van der Waals surface area contributed by atoms with E-state index in [9.17, 15) is 0 Å². The normalized spacial score (nSPS) is 9.81. The zero-order chi connectivity index (χ0) is 11.4. The minimum Gasteiger partial charge on any atom is -0.481 e. The van der Waals surface area contributed by atoms with Gasteiger partial charge in [0.2, 0.25) is 11.8 Å². The Morgan fingerprint density at radius 2 is 1.69 bits per heavy atom. The van der Waals surface area contributed by atoms with E-state index in [-0.39, 0.29) is 0 Å². The molecule has 0 bridgehead atoms. The van der Waals surface area contributed by atoms with Crippen LogP contribution in [0.3, 0.4) is 0 Å². The summed E-state index contributed by atoms with van der Waals surface area (Å²) < 4.78 is 10.5. The minimum atomic E-state index is 0.490. The molecule has 0 saturated carbocycles. The predicted molar refractivity (Wildman–Crippen MR) is 61.7 cm³/mol. The Labute approximate surface area is 93.6 Å². The monoisotopic (exact) mass is 216 g/mol. The number of methoxy groups -OCH3 is 1. The maximum Gasteiger partial charge on any atom is 0.222 e. The molecule has 16 heavy (non-hydrogen) atoms. The maximum atomic E-state index is 5.57. The van der Waals surface area contributed by atoms with Crippen LogP contribution in [0.15, 0.2) is 42.5 Å². The number of rotatable bonds is 3. The third-order valence-electron chi connectivity index (χ3n) is 2.01. The molecular formula is C12H12N2O2. The van der Waals surface area contributed by atoms with Gasteiger partial charge in [0.25, 0.3) is 0 Å². The number of hydrogen-bond donors (Lipinski definition) is 1. The van der Waals surface area contributed by atoms with Crippen molar-refractivity contribution in [3.8, 4) is 17.5 Å². The Balaban J connectivity index is 2.16. The number of hydrogen-bond acceptors (Lipinski definition) is 4. The fourth-order valence-corrected chi connectivity index (χ4v) is 1.22. The quantitative estimate of drug-likeness (QED) is 0.801. The average molecular weight is 216 g/mol.